The van der Waals surface area contributed by atoms with E-state index in [2.05, 4.69) is 15.3 Å². The van der Waals surface area contributed by atoms with Crippen molar-refractivity contribution in [2.45, 2.75) is 51.8 Å². The van der Waals surface area contributed by atoms with E-state index in [9.17, 15) is 4.79 Å². The summed E-state index contributed by atoms with van der Waals surface area (Å²) in [6.07, 6.45) is 4.71. The zero-order valence-corrected chi connectivity index (χ0v) is 21.5. The number of ether oxygens (including phenoxy) is 2. The van der Waals surface area contributed by atoms with Crippen molar-refractivity contribution >= 4 is 28.6 Å². The first-order valence-electron chi connectivity index (χ1n) is 12.1. The molecule has 0 bridgehead atoms. The standard InChI is InChI=1S/C27H30ClN5O3/c1-27(2,3)36-26(34)33-14-11-21-22-17-19(28)7-10-23(22)30-24(21)25(33)18-5-8-20(9-6-18)35-16-4-13-32-15-12-29-31-32/h5-10,12,15,17,25,30H,4,11,13-14,16H2,1-3H3/t25-/m0/s1. The van der Waals surface area contributed by atoms with Crippen molar-refractivity contribution in [3.8, 4) is 5.75 Å². The molecule has 5 rings (SSSR count). The average molecular weight is 508 g/mol. The van der Waals surface area contributed by atoms with Gasteiger partial charge < -0.3 is 14.5 Å². The predicted molar refractivity (Wildman–Crippen MR) is 138 cm³/mol. The molecule has 36 heavy (non-hydrogen) atoms. The Labute approximate surface area is 215 Å². The van der Waals surface area contributed by atoms with Crippen molar-refractivity contribution in [1.29, 1.82) is 0 Å². The average Bonchev–Trinajstić information content (AvgIpc) is 3.48. The van der Waals surface area contributed by atoms with E-state index in [0.717, 1.165) is 47.3 Å². The number of carbonyl (C=O) groups excluding carboxylic acids is 1. The highest BCUT2D eigenvalue weighted by molar-refractivity contribution is 6.31. The van der Waals surface area contributed by atoms with Crippen LogP contribution in [0, 0.1) is 0 Å². The Kier molecular flexibility index (Phi) is 6.62. The molecule has 0 spiro atoms. The quantitative estimate of drug-likeness (QED) is 0.335. The van der Waals surface area contributed by atoms with E-state index < -0.39 is 5.60 Å². The highest BCUT2D eigenvalue weighted by Crippen LogP contribution is 2.40. The van der Waals surface area contributed by atoms with Crippen LogP contribution in [0.3, 0.4) is 0 Å². The molecule has 2 aromatic heterocycles. The first-order chi connectivity index (χ1) is 17.3. The maximum absolute atomic E-state index is 13.2. The zero-order valence-electron chi connectivity index (χ0n) is 20.7. The number of halogens is 1. The molecule has 1 aliphatic rings. The molecule has 2 aromatic carbocycles. The van der Waals surface area contributed by atoms with Crippen molar-refractivity contribution < 1.29 is 14.3 Å². The lowest BCUT2D eigenvalue weighted by molar-refractivity contribution is 0.0175. The van der Waals surface area contributed by atoms with E-state index in [0.29, 0.717) is 18.2 Å². The molecule has 1 aliphatic heterocycles. The van der Waals surface area contributed by atoms with E-state index in [1.807, 2.05) is 69.4 Å². The zero-order chi connectivity index (χ0) is 25.3. The molecular formula is C27H30ClN5O3. The van der Waals surface area contributed by atoms with Crippen molar-refractivity contribution in [3.05, 3.63) is 76.7 Å². The van der Waals surface area contributed by atoms with Crippen molar-refractivity contribution in [2.24, 2.45) is 0 Å². The smallest absolute Gasteiger partial charge is 0.411 e. The number of rotatable bonds is 6. The van der Waals surface area contributed by atoms with Gasteiger partial charge in [0.05, 0.1) is 12.8 Å². The van der Waals surface area contributed by atoms with Crippen LogP contribution in [-0.4, -0.2) is 49.7 Å². The number of carbonyl (C=O) groups is 1. The van der Waals surface area contributed by atoms with Crippen LogP contribution in [-0.2, 0) is 17.7 Å². The fourth-order valence-corrected chi connectivity index (χ4v) is 4.81. The van der Waals surface area contributed by atoms with Gasteiger partial charge in [0.25, 0.3) is 0 Å². The molecule has 9 heteroatoms. The topological polar surface area (TPSA) is 85.3 Å². The second-order valence-electron chi connectivity index (χ2n) is 9.97. The van der Waals surface area contributed by atoms with Crippen molar-refractivity contribution in [2.75, 3.05) is 13.2 Å². The monoisotopic (exact) mass is 507 g/mol. The molecular weight excluding hydrogens is 478 g/mol. The second-order valence-corrected chi connectivity index (χ2v) is 10.4. The van der Waals surface area contributed by atoms with Gasteiger partial charge in [-0.05, 0) is 68.7 Å². The first kappa shape index (κ1) is 24.2. The van der Waals surface area contributed by atoms with Crippen LogP contribution in [0.4, 0.5) is 4.79 Å². The van der Waals surface area contributed by atoms with Crippen LogP contribution in [0.25, 0.3) is 10.9 Å². The van der Waals surface area contributed by atoms with Crippen LogP contribution >= 0.6 is 11.6 Å². The Morgan fingerprint density at radius 2 is 2.00 bits per heavy atom. The molecule has 8 nitrogen and oxygen atoms in total. The van der Waals surface area contributed by atoms with Crippen LogP contribution in [0.5, 0.6) is 5.75 Å². The summed E-state index contributed by atoms with van der Waals surface area (Å²) in [7, 11) is 0. The summed E-state index contributed by atoms with van der Waals surface area (Å²) in [5, 5.41) is 9.57. The van der Waals surface area contributed by atoms with E-state index in [1.54, 1.807) is 15.8 Å². The van der Waals surface area contributed by atoms with Gasteiger partial charge in [-0.15, -0.1) is 5.10 Å². The van der Waals surface area contributed by atoms with Crippen LogP contribution < -0.4 is 4.74 Å². The van der Waals surface area contributed by atoms with Gasteiger partial charge in [-0.25, -0.2) is 4.79 Å². The third-order valence-electron chi connectivity index (χ3n) is 6.19. The summed E-state index contributed by atoms with van der Waals surface area (Å²) in [6, 6.07) is 13.5. The lowest BCUT2D eigenvalue weighted by atomic mass is 9.92. The molecule has 0 radical (unpaired) electrons. The number of nitrogens with zero attached hydrogens (tertiary/aromatic N) is 4. The fraction of sp³-hybridized carbons (Fsp3) is 0.370. The van der Waals surface area contributed by atoms with E-state index >= 15 is 0 Å². The Morgan fingerprint density at radius 1 is 1.19 bits per heavy atom. The predicted octanol–water partition coefficient (Wildman–Crippen LogP) is 5.76. The molecule has 1 N–H and O–H groups in total. The molecule has 1 amide bonds. The fourth-order valence-electron chi connectivity index (χ4n) is 4.64. The van der Waals surface area contributed by atoms with Gasteiger partial charge in [0.2, 0.25) is 0 Å². The van der Waals surface area contributed by atoms with E-state index in [1.165, 1.54) is 5.56 Å². The summed E-state index contributed by atoms with van der Waals surface area (Å²) in [5.74, 6) is 0.778. The molecule has 0 fully saturated rings. The van der Waals surface area contributed by atoms with Gasteiger partial charge >= 0.3 is 6.09 Å². The molecule has 0 saturated heterocycles. The minimum absolute atomic E-state index is 0.309. The number of aromatic amines is 1. The Morgan fingerprint density at radius 3 is 2.72 bits per heavy atom. The van der Waals surface area contributed by atoms with Crippen molar-refractivity contribution in [1.82, 2.24) is 24.9 Å². The molecule has 0 saturated carbocycles. The SMILES string of the molecule is CC(C)(C)OC(=O)N1CCc2c([nH]c3ccc(Cl)cc23)[C@@H]1c1ccc(OCCCn2ccnn2)cc1. The highest BCUT2D eigenvalue weighted by atomic mass is 35.5. The van der Waals surface area contributed by atoms with Gasteiger partial charge in [-0.3, -0.25) is 9.58 Å². The molecule has 3 heterocycles. The van der Waals surface area contributed by atoms with Crippen LogP contribution in [0.15, 0.2) is 54.9 Å². The van der Waals surface area contributed by atoms with Gasteiger partial charge in [0, 0.05) is 47.3 Å². The molecule has 0 aliphatic carbocycles. The third kappa shape index (κ3) is 5.18. The number of aromatic nitrogens is 4. The number of benzene rings is 2. The molecule has 1 atom stereocenters. The van der Waals surface area contributed by atoms with Gasteiger partial charge in [-0.1, -0.05) is 28.9 Å². The minimum Gasteiger partial charge on any atom is -0.494 e. The Bertz CT molecular complexity index is 1340. The molecule has 4 aromatic rings. The summed E-state index contributed by atoms with van der Waals surface area (Å²) < 4.78 is 13.5. The second kappa shape index (κ2) is 9.85. The van der Waals surface area contributed by atoms with Crippen LogP contribution in [0.2, 0.25) is 5.02 Å². The number of hydrogen-bond acceptors (Lipinski definition) is 5. The summed E-state index contributed by atoms with van der Waals surface area (Å²) in [5.41, 5.74) is 3.58. The molecule has 188 valence electrons. The number of hydrogen-bond donors (Lipinski definition) is 1. The number of fused-ring (bicyclic) bond motifs is 3. The minimum atomic E-state index is -0.584. The largest absolute Gasteiger partial charge is 0.494 e. The highest BCUT2D eigenvalue weighted by Gasteiger charge is 2.36. The van der Waals surface area contributed by atoms with Gasteiger partial charge in [-0.2, -0.15) is 0 Å². The third-order valence-corrected chi connectivity index (χ3v) is 6.42. The van der Waals surface area contributed by atoms with Crippen molar-refractivity contribution in [3.63, 3.8) is 0 Å². The lowest BCUT2D eigenvalue weighted by Gasteiger charge is -2.37. The van der Waals surface area contributed by atoms with Crippen LogP contribution in [0.1, 0.15) is 50.1 Å². The van der Waals surface area contributed by atoms with E-state index in [-0.39, 0.29) is 12.1 Å². The van der Waals surface area contributed by atoms with E-state index in [4.69, 9.17) is 21.1 Å². The summed E-state index contributed by atoms with van der Waals surface area (Å²) >= 11 is 6.30. The maximum Gasteiger partial charge on any atom is 0.411 e. The normalized spacial score (nSPS) is 15.7. The molecule has 0 unspecified atom stereocenters. The number of nitrogens with one attached hydrogen (secondary N) is 1. The number of aryl methyl sites for hydroxylation is 1. The number of amides is 1. The Hall–Kier alpha value is -3.52. The maximum atomic E-state index is 13.2. The van der Waals surface area contributed by atoms with Gasteiger partial charge in [0.1, 0.15) is 17.4 Å². The number of H-pyrrole nitrogens is 1. The summed E-state index contributed by atoms with van der Waals surface area (Å²) in [6.45, 7) is 7.52. The first-order valence-corrected chi connectivity index (χ1v) is 12.5. The van der Waals surface area contributed by atoms with Gasteiger partial charge in [0.15, 0.2) is 0 Å². The lowest BCUT2D eigenvalue weighted by Crippen LogP contribution is -2.43. The Balaban J connectivity index is 1.40. The summed E-state index contributed by atoms with van der Waals surface area (Å²) in [4.78, 5) is 18.6.